The zero-order chi connectivity index (χ0) is 15.6. The molecule has 2 aromatic rings. The summed E-state index contributed by atoms with van der Waals surface area (Å²) in [4.78, 5) is 18.9. The largest absolute Gasteiger partial charge is 0.431 e. The number of rotatable bonds is 4. The van der Waals surface area contributed by atoms with E-state index in [2.05, 4.69) is 15.3 Å². The molecule has 1 aromatic heterocycles. The van der Waals surface area contributed by atoms with E-state index in [0.29, 0.717) is 17.2 Å². The Morgan fingerprint density at radius 1 is 1.33 bits per heavy atom. The summed E-state index contributed by atoms with van der Waals surface area (Å²) in [5.41, 5.74) is 0.441. The zero-order valence-electron chi connectivity index (χ0n) is 11.7. The lowest BCUT2D eigenvalue weighted by atomic mass is 10.3. The minimum atomic E-state index is -0.552. The van der Waals surface area contributed by atoms with Crippen molar-refractivity contribution in [3.05, 3.63) is 44.7 Å². The maximum atomic E-state index is 11.1. The highest BCUT2D eigenvalue weighted by molar-refractivity contribution is 6.30. The summed E-state index contributed by atoms with van der Waals surface area (Å²) in [5.74, 6) is 1.44. The second kappa shape index (κ2) is 5.92. The molecule has 7 nitrogen and oxygen atoms in total. The van der Waals surface area contributed by atoms with Gasteiger partial charge in [-0.15, -0.1) is 0 Å². The van der Waals surface area contributed by atoms with Gasteiger partial charge in [0.05, 0.1) is 10.5 Å². The Hall–Kier alpha value is -2.41. The van der Waals surface area contributed by atoms with Crippen LogP contribution in [0.1, 0.15) is 11.4 Å². The summed E-state index contributed by atoms with van der Waals surface area (Å²) in [6, 6.07) is 4.20. The highest BCUT2D eigenvalue weighted by Crippen LogP contribution is 2.34. The fraction of sp³-hybridized carbons (Fsp3) is 0.231. The van der Waals surface area contributed by atoms with Crippen LogP contribution in [0.2, 0.25) is 5.02 Å². The first kappa shape index (κ1) is 15.0. The van der Waals surface area contributed by atoms with Gasteiger partial charge in [0, 0.05) is 18.1 Å². The molecule has 0 aliphatic rings. The summed E-state index contributed by atoms with van der Waals surface area (Å²) in [6.45, 7) is 3.48. The number of halogens is 1. The summed E-state index contributed by atoms with van der Waals surface area (Å²) < 4.78 is 5.59. The molecule has 0 fully saturated rings. The number of aromatic nitrogens is 2. The number of benzene rings is 1. The molecule has 0 amide bonds. The van der Waals surface area contributed by atoms with Crippen molar-refractivity contribution in [2.24, 2.45) is 0 Å². The summed E-state index contributed by atoms with van der Waals surface area (Å²) in [5, 5.41) is 14.2. The van der Waals surface area contributed by atoms with Crippen LogP contribution in [0.5, 0.6) is 11.6 Å². The number of nitro groups is 1. The molecule has 0 bridgehead atoms. The van der Waals surface area contributed by atoms with Crippen molar-refractivity contribution in [2.75, 3.05) is 12.4 Å². The van der Waals surface area contributed by atoms with E-state index in [-0.39, 0.29) is 22.3 Å². The first-order chi connectivity index (χ1) is 9.92. The molecule has 1 heterocycles. The maximum Gasteiger partial charge on any atom is 0.313 e. The Labute approximate surface area is 126 Å². The molecule has 1 N–H and O–H groups in total. The van der Waals surface area contributed by atoms with Gasteiger partial charge in [0.15, 0.2) is 0 Å². The SMILES string of the molecule is CNc1nc(C)nc(Oc2ccc(Cl)cc2[N+](=O)[O-])c1C. The van der Waals surface area contributed by atoms with Crippen LogP contribution in [0.3, 0.4) is 0 Å². The lowest BCUT2D eigenvalue weighted by Crippen LogP contribution is -2.03. The van der Waals surface area contributed by atoms with Crippen LogP contribution < -0.4 is 10.1 Å². The minimum absolute atomic E-state index is 0.0765. The molecule has 0 saturated heterocycles. The van der Waals surface area contributed by atoms with Gasteiger partial charge in [-0.2, -0.15) is 4.98 Å². The molecule has 21 heavy (non-hydrogen) atoms. The lowest BCUT2D eigenvalue weighted by Gasteiger charge is -2.11. The molecule has 0 aliphatic carbocycles. The highest BCUT2D eigenvalue weighted by Gasteiger charge is 2.19. The minimum Gasteiger partial charge on any atom is -0.431 e. The average molecular weight is 309 g/mol. The van der Waals surface area contributed by atoms with Crippen molar-refractivity contribution >= 4 is 23.1 Å². The molecular formula is C13H13ClN4O3. The number of nitrogens with zero attached hydrogens (tertiary/aromatic N) is 3. The number of nitro benzene ring substituents is 1. The van der Waals surface area contributed by atoms with E-state index < -0.39 is 4.92 Å². The average Bonchev–Trinajstić information content (AvgIpc) is 2.44. The third kappa shape index (κ3) is 3.19. The van der Waals surface area contributed by atoms with Crippen LogP contribution in [0.4, 0.5) is 11.5 Å². The Kier molecular flexibility index (Phi) is 4.23. The van der Waals surface area contributed by atoms with E-state index in [1.165, 1.54) is 18.2 Å². The van der Waals surface area contributed by atoms with Gasteiger partial charge >= 0.3 is 5.69 Å². The van der Waals surface area contributed by atoms with E-state index in [9.17, 15) is 10.1 Å². The molecular weight excluding hydrogens is 296 g/mol. The van der Waals surface area contributed by atoms with E-state index >= 15 is 0 Å². The molecule has 0 aliphatic heterocycles. The van der Waals surface area contributed by atoms with Crippen LogP contribution in [-0.2, 0) is 0 Å². The number of aryl methyl sites for hydroxylation is 1. The van der Waals surface area contributed by atoms with Gasteiger partial charge in [-0.25, -0.2) is 4.98 Å². The van der Waals surface area contributed by atoms with Crippen molar-refractivity contribution in [3.8, 4) is 11.6 Å². The van der Waals surface area contributed by atoms with E-state index in [1.807, 2.05) is 0 Å². The van der Waals surface area contributed by atoms with Crippen LogP contribution in [-0.4, -0.2) is 21.9 Å². The lowest BCUT2D eigenvalue weighted by molar-refractivity contribution is -0.385. The smallest absolute Gasteiger partial charge is 0.313 e. The molecule has 8 heteroatoms. The van der Waals surface area contributed by atoms with Crippen molar-refractivity contribution in [2.45, 2.75) is 13.8 Å². The predicted molar refractivity (Wildman–Crippen MR) is 79.2 cm³/mol. The third-order valence-corrected chi connectivity index (χ3v) is 3.01. The number of ether oxygens (including phenoxy) is 1. The number of hydrogen-bond donors (Lipinski definition) is 1. The molecule has 0 spiro atoms. The van der Waals surface area contributed by atoms with E-state index in [4.69, 9.17) is 16.3 Å². The molecule has 0 atom stereocenters. The Morgan fingerprint density at radius 2 is 2.05 bits per heavy atom. The highest BCUT2D eigenvalue weighted by atomic mass is 35.5. The van der Waals surface area contributed by atoms with Crippen molar-refractivity contribution in [1.29, 1.82) is 0 Å². The summed E-state index contributed by atoms with van der Waals surface area (Å²) >= 11 is 5.77. The van der Waals surface area contributed by atoms with Crippen LogP contribution in [0.25, 0.3) is 0 Å². The zero-order valence-corrected chi connectivity index (χ0v) is 12.4. The number of hydrogen-bond acceptors (Lipinski definition) is 6. The topological polar surface area (TPSA) is 90.2 Å². The second-order valence-corrected chi connectivity index (χ2v) is 4.71. The van der Waals surface area contributed by atoms with Crippen LogP contribution in [0.15, 0.2) is 18.2 Å². The normalized spacial score (nSPS) is 10.3. The molecule has 110 valence electrons. The van der Waals surface area contributed by atoms with E-state index in [0.717, 1.165) is 0 Å². The number of nitrogens with one attached hydrogen (secondary N) is 1. The Morgan fingerprint density at radius 3 is 2.67 bits per heavy atom. The van der Waals surface area contributed by atoms with Gasteiger partial charge in [0.2, 0.25) is 11.6 Å². The number of anilines is 1. The van der Waals surface area contributed by atoms with E-state index in [1.54, 1.807) is 20.9 Å². The summed E-state index contributed by atoms with van der Waals surface area (Å²) in [6.07, 6.45) is 0. The van der Waals surface area contributed by atoms with Crippen molar-refractivity contribution in [1.82, 2.24) is 9.97 Å². The maximum absolute atomic E-state index is 11.1. The van der Waals surface area contributed by atoms with Crippen molar-refractivity contribution < 1.29 is 9.66 Å². The second-order valence-electron chi connectivity index (χ2n) is 4.27. The standard InChI is InChI=1S/C13H13ClN4O3/c1-7-12(15-3)16-8(2)17-13(7)21-11-5-4-9(14)6-10(11)18(19)20/h4-6H,1-3H3,(H,15,16,17). The molecule has 0 radical (unpaired) electrons. The van der Waals surface area contributed by atoms with Crippen molar-refractivity contribution in [3.63, 3.8) is 0 Å². The fourth-order valence-electron chi connectivity index (χ4n) is 1.77. The van der Waals surface area contributed by atoms with Crippen LogP contribution >= 0.6 is 11.6 Å². The van der Waals surface area contributed by atoms with Gasteiger partial charge in [-0.05, 0) is 26.0 Å². The van der Waals surface area contributed by atoms with Gasteiger partial charge < -0.3 is 10.1 Å². The third-order valence-electron chi connectivity index (χ3n) is 2.77. The quantitative estimate of drug-likeness (QED) is 0.687. The molecule has 1 aromatic carbocycles. The molecule has 0 saturated carbocycles. The van der Waals surface area contributed by atoms with Gasteiger partial charge in [-0.1, -0.05) is 11.6 Å². The van der Waals surface area contributed by atoms with Gasteiger partial charge in [0.25, 0.3) is 0 Å². The first-order valence-electron chi connectivity index (χ1n) is 6.07. The van der Waals surface area contributed by atoms with Gasteiger partial charge in [0.1, 0.15) is 11.6 Å². The molecule has 2 rings (SSSR count). The van der Waals surface area contributed by atoms with Gasteiger partial charge in [-0.3, -0.25) is 10.1 Å². The summed E-state index contributed by atoms with van der Waals surface area (Å²) in [7, 11) is 1.73. The molecule has 0 unspecified atom stereocenters. The fourth-order valence-corrected chi connectivity index (χ4v) is 1.94. The monoisotopic (exact) mass is 308 g/mol. The Balaban J connectivity index is 2.48. The predicted octanol–water partition coefficient (Wildman–Crippen LogP) is 3.49. The first-order valence-corrected chi connectivity index (χ1v) is 6.45. The Bertz CT molecular complexity index is 706. The van der Waals surface area contributed by atoms with Crippen LogP contribution in [0, 0.1) is 24.0 Å².